The first-order chi connectivity index (χ1) is 12.1. The number of nitrogens with zero attached hydrogens (tertiary/aromatic N) is 3. The molecule has 0 saturated heterocycles. The largest absolute Gasteiger partial charge is 0.497 e. The zero-order chi connectivity index (χ0) is 17.6. The molecule has 0 fully saturated rings. The average Bonchev–Trinajstić information content (AvgIpc) is 2.63. The molecule has 0 aliphatic heterocycles. The van der Waals surface area contributed by atoms with Crippen LogP contribution in [0.3, 0.4) is 0 Å². The van der Waals surface area contributed by atoms with Gasteiger partial charge in [-0.1, -0.05) is 12.1 Å². The summed E-state index contributed by atoms with van der Waals surface area (Å²) in [5.41, 5.74) is 0.519. The lowest BCUT2D eigenvalue weighted by Crippen LogP contribution is -2.21. The minimum absolute atomic E-state index is 0.000264. The maximum Gasteiger partial charge on any atom is 0.276 e. The van der Waals surface area contributed by atoms with E-state index in [4.69, 9.17) is 4.74 Å². The first kappa shape index (κ1) is 16.3. The molecule has 0 aliphatic rings. The van der Waals surface area contributed by atoms with Crippen LogP contribution in [0.1, 0.15) is 21.9 Å². The van der Waals surface area contributed by atoms with Gasteiger partial charge < -0.3 is 9.72 Å². The topological polar surface area (TPSA) is 110 Å². The average molecular weight is 337 g/mol. The molecule has 3 rings (SSSR count). The van der Waals surface area contributed by atoms with Gasteiger partial charge in [0.25, 0.3) is 11.5 Å². The summed E-state index contributed by atoms with van der Waals surface area (Å²) in [4.78, 5) is 38.7. The normalized spacial score (nSPS) is 10.3. The van der Waals surface area contributed by atoms with E-state index in [1.807, 2.05) is 24.3 Å². The smallest absolute Gasteiger partial charge is 0.276 e. The van der Waals surface area contributed by atoms with Crippen molar-refractivity contribution in [3.8, 4) is 5.75 Å². The number of benzene rings is 1. The van der Waals surface area contributed by atoms with Gasteiger partial charge in [-0.2, -0.15) is 0 Å². The molecule has 1 amide bonds. The highest BCUT2D eigenvalue weighted by atomic mass is 16.5. The molecule has 126 valence electrons. The van der Waals surface area contributed by atoms with E-state index in [1.165, 1.54) is 12.4 Å². The monoisotopic (exact) mass is 337 g/mol. The number of carbonyl (C=O) groups is 1. The highest BCUT2D eigenvalue weighted by molar-refractivity contribution is 6.01. The Labute approximate surface area is 143 Å². The van der Waals surface area contributed by atoms with Crippen molar-refractivity contribution in [1.82, 2.24) is 19.9 Å². The first-order valence-electron chi connectivity index (χ1n) is 7.45. The predicted molar refractivity (Wildman–Crippen MR) is 90.6 cm³/mol. The van der Waals surface area contributed by atoms with Crippen LogP contribution in [0, 0.1) is 0 Å². The quantitative estimate of drug-likeness (QED) is 0.728. The molecule has 0 radical (unpaired) electrons. The molecule has 0 unspecified atom stereocenters. The van der Waals surface area contributed by atoms with Gasteiger partial charge in [0.05, 0.1) is 7.11 Å². The Bertz CT molecular complexity index is 923. The van der Waals surface area contributed by atoms with Gasteiger partial charge in [0.1, 0.15) is 17.3 Å². The third-order valence-corrected chi connectivity index (χ3v) is 3.35. The Kier molecular flexibility index (Phi) is 4.79. The van der Waals surface area contributed by atoms with Crippen molar-refractivity contribution in [3.63, 3.8) is 0 Å². The van der Waals surface area contributed by atoms with E-state index >= 15 is 0 Å². The Hall–Kier alpha value is -3.55. The van der Waals surface area contributed by atoms with Crippen LogP contribution >= 0.6 is 0 Å². The van der Waals surface area contributed by atoms with Crippen molar-refractivity contribution in [2.24, 2.45) is 0 Å². The van der Waals surface area contributed by atoms with Gasteiger partial charge in [0, 0.05) is 24.9 Å². The van der Waals surface area contributed by atoms with Crippen LogP contribution in [-0.4, -0.2) is 33.0 Å². The first-order valence-corrected chi connectivity index (χ1v) is 7.45. The number of anilines is 1. The summed E-state index contributed by atoms with van der Waals surface area (Å²) in [7, 11) is 1.59. The van der Waals surface area contributed by atoms with E-state index in [0.717, 1.165) is 17.4 Å². The number of amides is 1. The lowest BCUT2D eigenvalue weighted by atomic mass is 10.1. The maximum atomic E-state index is 12.2. The highest BCUT2D eigenvalue weighted by Gasteiger charge is 2.12. The molecular weight excluding hydrogens is 322 g/mol. The molecule has 0 bridgehead atoms. The van der Waals surface area contributed by atoms with Crippen LogP contribution in [0.25, 0.3) is 0 Å². The Balaban J connectivity index is 1.79. The van der Waals surface area contributed by atoms with Gasteiger partial charge in [-0.15, -0.1) is 0 Å². The summed E-state index contributed by atoms with van der Waals surface area (Å²) in [6, 6.07) is 10.1. The molecule has 8 heteroatoms. The molecule has 0 spiro atoms. The fourth-order valence-corrected chi connectivity index (χ4v) is 2.17. The number of nitrogens with one attached hydrogen (secondary N) is 2. The number of H-pyrrole nitrogens is 1. The Morgan fingerprint density at radius 1 is 1.20 bits per heavy atom. The third-order valence-electron chi connectivity index (χ3n) is 3.35. The maximum absolute atomic E-state index is 12.2. The molecule has 2 aromatic heterocycles. The highest BCUT2D eigenvalue weighted by Crippen LogP contribution is 2.13. The summed E-state index contributed by atoms with van der Waals surface area (Å²) in [5.74, 6) is 0.720. The zero-order valence-electron chi connectivity index (χ0n) is 13.4. The number of hydrogen-bond acceptors (Lipinski definition) is 6. The van der Waals surface area contributed by atoms with Gasteiger partial charge in [-0.25, -0.2) is 15.0 Å². The molecule has 3 aromatic rings. The number of carbonyl (C=O) groups excluding carboxylic acids is 1. The van der Waals surface area contributed by atoms with E-state index in [2.05, 4.69) is 25.3 Å². The van der Waals surface area contributed by atoms with Crippen molar-refractivity contribution < 1.29 is 9.53 Å². The lowest BCUT2D eigenvalue weighted by molar-refractivity contribution is 0.102. The summed E-state index contributed by atoms with van der Waals surface area (Å²) in [5, 5.41) is 2.50. The molecule has 0 saturated carbocycles. The summed E-state index contributed by atoms with van der Waals surface area (Å²) < 4.78 is 5.11. The standard InChI is InChI=1S/C17H15N5O3/c1-25-12-5-3-11(4-6-12)9-14-20-13(10-15(23)21-14)16(24)22-17-18-7-2-8-19-17/h2-8,10H,9H2,1H3,(H,20,21,23)(H,18,19,22,24). The number of aromatic nitrogens is 4. The van der Waals surface area contributed by atoms with Crippen molar-refractivity contribution in [3.05, 3.63) is 76.2 Å². The SMILES string of the molecule is COc1ccc(Cc2nc(C(=O)Nc3ncccn3)cc(=O)[nH]2)cc1. The summed E-state index contributed by atoms with van der Waals surface area (Å²) in [6.07, 6.45) is 3.38. The third kappa shape index (κ3) is 4.25. The molecule has 8 nitrogen and oxygen atoms in total. The number of hydrogen-bond donors (Lipinski definition) is 2. The molecule has 2 heterocycles. The van der Waals surface area contributed by atoms with E-state index in [9.17, 15) is 9.59 Å². The van der Waals surface area contributed by atoms with Crippen molar-refractivity contribution in [1.29, 1.82) is 0 Å². The zero-order valence-corrected chi connectivity index (χ0v) is 13.4. The number of ether oxygens (including phenoxy) is 1. The van der Waals surface area contributed by atoms with Gasteiger partial charge in [-0.3, -0.25) is 14.9 Å². The second kappa shape index (κ2) is 7.35. The van der Waals surface area contributed by atoms with E-state index in [-0.39, 0.29) is 11.6 Å². The van der Waals surface area contributed by atoms with Gasteiger partial charge >= 0.3 is 0 Å². The van der Waals surface area contributed by atoms with Crippen LogP contribution in [0.5, 0.6) is 5.75 Å². The number of rotatable bonds is 5. The van der Waals surface area contributed by atoms with Crippen molar-refractivity contribution in [2.75, 3.05) is 12.4 Å². The fourth-order valence-electron chi connectivity index (χ4n) is 2.17. The van der Waals surface area contributed by atoms with Gasteiger partial charge in [-0.05, 0) is 23.8 Å². The van der Waals surface area contributed by atoms with Crippen molar-refractivity contribution in [2.45, 2.75) is 6.42 Å². The molecule has 0 aliphatic carbocycles. The fraction of sp³-hybridized carbons (Fsp3) is 0.118. The van der Waals surface area contributed by atoms with Crippen LogP contribution in [0.4, 0.5) is 5.95 Å². The predicted octanol–water partition coefficient (Wildman–Crippen LogP) is 1.41. The minimum atomic E-state index is -0.548. The van der Waals surface area contributed by atoms with E-state index < -0.39 is 11.5 Å². The molecule has 25 heavy (non-hydrogen) atoms. The number of aromatic amines is 1. The second-order valence-electron chi connectivity index (χ2n) is 5.13. The minimum Gasteiger partial charge on any atom is -0.497 e. The summed E-state index contributed by atoms with van der Waals surface area (Å²) in [6.45, 7) is 0. The van der Waals surface area contributed by atoms with Gasteiger partial charge in [0.2, 0.25) is 5.95 Å². The van der Waals surface area contributed by atoms with Crippen molar-refractivity contribution >= 4 is 11.9 Å². The van der Waals surface area contributed by atoms with Gasteiger partial charge in [0.15, 0.2) is 0 Å². The van der Waals surface area contributed by atoms with E-state index in [0.29, 0.717) is 12.2 Å². The number of methoxy groups -OCH3 is 1. The lowest BCUT2D eigenvalue weighted by Gasteiger charge is -2.06. The molecule has 2 N–H and O–H groups in total. The van der Waals surface area contributed by atoms with Crippen LogP contribution in [0.15, 0.2) is 53.6 Å². The van der Waals surface area contributed by atoms with Crippen LogP contribution in [-0.2, 0) is 6.42 Å². The van der Waals surface area contributed by atoms with Crippen LogP contribution in [0.2, 0.25) is 0 Å². The Morgan fingerprint density at radius 2 is 1.92 bits per heavy atom. The van der Waals surface area contributed by atoms with Crippen LogP contribution < -0.4 is 15.6 Å². The Morgan fingerprint density at radius 3 is 2.60 bits per heavy atom. The molecular formula is C17H15N5O3. The van der Waals surface area contributed by atoms with E-state index in [1.54, 1.807) is 13.2 Å². The molecule has 1 aromatic carbocycles. The second-order valence-corrected chi connectivity index (χ2v) is 5.13. The molecule has 0 atom stereocenters. The summed E-state index contributed by atoms with van der Waals surface area (Å²) >= 11 is 0.